The van der Waals surface area contributed by atoms with Gasteiger partial charge in [-0.05, 0) is 81.9 Å². The van der Waals surface area contributed by atoms with E-state index < -0.39 is 19.0 Å². The first-order chi connectivity index (χ1) is 24.1. The molecule has 1 aliphatic heterocycles. The molecular weight excluding hydrogens is 647 g/mol. The van der Waals surface area contributed by atoms with Crippen molar-refractivity contribution in [2.24, 2.45) is 0 Å². The number of Topliss-reactive ketones (excluding diaryl/α,β-unsaturated/α-hetero) is 1. The Balaban J connectivity index is 1.20. The highest BCUT2D eigenvalue weighted by Gasteiger charge is 2.41. The fourth-order valence-electron chi connectivity index (χ4n) is 7.34. The predicted molar refractivity (Wildman–Crippen MR) is 197 cm³/mol. The van der Waals surface area contributed by atoms with Crippen LogP contribution in [-0.4, -0.2) is 62.9 Å². The largest absolute Gasteiger partial charge is 0.340 e. The predicted octanol–water partition coefficient (Wildman–Crippen LogP) is 8.01. The molecule has 7 rings (SSSR count). The Morgan fingerprint density at radius 1 is 0.720 bits per heavy atom. The van der Waals surface area contributed by atoms with Crippen molar-refractivity contribution in [2.75, 3.05) is 19.6 Å². The number of amides is 2. The lowest BCUT2D eigenvalue weighted by Crippen LogP contribution is -2.49. The number of piperidine rings is 1. The number of ketones is 1. The van der Waals surface area contributed by atoms with Crippen LogP contribution < -0.4 is 0 Å². The number of rotatable bonds is 8. The van der Waals surface area contributed by atoms with Crippen molar-refractivity contribution in [2.45, 2.75) is 31.5 Å². The summed E-state index contributed by atoms with van der Waals surface area (Å²) >= 11 is 0. The molecule has 1 aliphatic rings. The van der Waals surface area contributed by atoms with Gasteiger partial charge in [-0.2, -0.15) is 0 Å². The minimum absolute atomic E-state index is 0.0303. The second kappa shape index (κ2) is 13.6. The van der Waals surface area contributed by atoms with E-state index in [1.54, 1.807) is 41.3 Å². The zero-order chi connectivity index (χ0) is 35.0. The quantitative estimate of drug-likeness (QED) is 0.124. The summed E-state index contributed by atoms with van der Waals surface area (Å²) in [6, 6.07) is 36.2. The smallest absolute Gasteiger partial charge is 0.338 e. The highest BCUT2D eigenvalue weighted by molar-refractivity contribution is 7.53. The molecule has 6 aromatic carbocycles. The van der Waals surface area contributed by atoms with Crippen molar-refractivity contribution < 1.29 is 28.7 Å². The van der Waals surface area contributed by atoms with Gasteiger partial charge in [-0.3, -0.25) is 18.9 Å². The second-order valence-electron chi connectivity index (χ2n) is 12.8. The van der Waals surface area contributed by atoms with Gasteiger partial charge in [-0.1, -0.05) is 97.1 Å². The lowest BCUT2D eigenvalue weighted by Gasteiger charge is -2.38. The van der Waals surface area contributed by atoms with E-state index in [-0.39, 0.29) is 34.5 Å². The molecule has 1 saturated heterocycles. The molecule has 8 nitrogen and oxygen atoms in total. The lowest BCUT2D eigenvalue weighted by molar-refractivity contribution is 0.0528. The van der Waals surface area contributed by atoms with E-state index in [0.717, 1.165) is 21.5 Å². The van der Waals surface area contributed by atoms with E-state index in [1.165, 1.54) is 0 Å². The van der Waals surface area contributed by atoms with Crippen LogP contribution in [0.15, 0.2) is 121 Å². The average Bonchev–Trinajstić information content (AvgIpc) is 3.14. The number of likely N-dealkylation sites (tertiary alicyclic amines) is 1. The molecule has 0 saturated carbocycles. The third-order valence-electron chi connectivity index (χ3n) is 9.87. The van der Waals surface area contributed by atoms with Crippen molar-refractivity contribution in [1.29, 1.82) is 0 Å². The summed E-state index contributed by atoms with van der Waals surface area (Å²) in [4.78, 5) is 67.4. The first-order valence-corrected chi connectivity index (χ1v) is 18.5. The Bertz CT molecular complexity index is 2320. The van der Waals surface area contributed by atoms with Crippen molar-refractivity contribution in [3.8, 4) is 0 Å². The van der Waals surface area contributed by atoms with E-state index >= 15 is 0 Å². The van der Waals surface area contributed by atoms with E-state index in [4.69, 9.17) is 0 Å². The van der Waals surface area contributed by atoms with Crippen molar-refractivity contribution >= 4 is 57.5 Å². The van der Waals surface area contributed by atoms with E-state index in [9.17, 15) is 28.7 Å². The molecule has 0 aliphatic carbocycles. The molecule has 2 amide bonds. The average molecular weight is 685 g/mol. The minimum Gasteiger partial charge on any atom is -0.338 e. The number of carbonyl (C=O) groups excluding carboxylic acids is 3. The molecule has 252 valence electrons. The van der Waals surface area contributed by atoms with Crippen LogP contribution in [0.2, 0.25) is 0 Å². The highest BCUT2D eigenvalue weighted by Crippen LogP contribution is 2.55. The molecule has 0 bridgehead atoms. The first kappa shape index (κ1) is 33.4. The summed E-state index contributed by atoms with van der Waals surface area (Å²) in [5, 5.41) is 4.78. The lowest BCUT2D eigenvalue weighted by atomic mass is 9.91. The molecule has 50 heavy (non-hydrogen) atoms. The van der Waals surface area contributed by atoms with Gasteiger partial charge in [0.1, 0.15) is 5.66 Å². The van der Waals surface area contributed by atoms with Crippen LogP contribution in [-0.2, 0) is 4.57 Å². The number of benzene rings is 6. The number of hydrogen-bond acceptors (Lipinski definition) is 4. The van der Waals surface area contributed by atoms with Gasteiger partial charge < -0.3 is 19.6 Å². The van der Waals surface area contributed by atoms with E-state index in [1.807, 2.05) is 96.8 Å². The third kappa shape index (κ3) is 6.34. The number of nitrogens with zero attached hydrogens (tertiary/aromatic N) is 2. The molecule has 1 heterocycles. The second-order valence-corrected chi connectivity index (χ2v) is 14.5. The third-order valence-corrected chi connectivity index (χ3v) is 11.1. The fraction of sp³-hybridized carbons (Fsp3) is 0.195. The molecule has 0 spiro atoms. The van der Waals surface area contributed by atoms with Crippen LogP contribution >= 0.6 is 7.60 Å². The summed E-state index contributed by atoms with van der Waals surface area (Å²) in [7, 11) is -5.06. The van der Waals surface area contributed by atoms with Crippen molar-refractivity contribution in [3.05, 3.63) is 144 Å². The molecule has 2 N–H and O–H groups in total. The normalized spacial score (nSPS) is 14.6. The maximum absolute atomic E-state index is 14.5. The van der Waals surface area contributed by atoms with Crippen LogP contribution in [0.3, 0.4) is 0 Å². The molecule has 6 aromatic rings. The Hall–Kier alpha value is -5.14. The SMILES string of the molecule is CCN(C(=O)c1cc2ccccc2cc1C(=O)C(c1cccc2ccccc12)P(=O)(O)O)C1CCN(C(=O)c2ccc3ccccc3c2)CC1. The van der Waals surface area contributed by atoms with Crippen molar-refractivity contribution in [3.63, 3.8) is 0 Å². The van der Waals surface area contributed by atoms with Gasteiger partial charge >= 0.3 is 7.60 Å². The van der Waals surface area contributed by atoms with Crippen LogP contribution in [0.5, 0.6) is 0 Å². The summed E-state index contributed by atoms with van der Waals surface area (Å²) < 4.78 is 13.2. The molecule has 0 aromatic heterocycles. The number of hydrogen-bond donors (Lipinski definition) is 2. The van der Waals surface area contributed by atoms with Crippen LogP contribution in [0, 0.1) is 0 Å². The van der Waals surface area contributed by atoms with Gasteiger partial charge in [-0.15, -0.1) is 0 Å². The summed E-state index contributed by atoms with van der Waals surface area (Å²) in [6.45, 7) is 3.16. The summed E-state index contributed by atoms with van der Waals surface area (Å²) in [5.74, 6) is -1.25. The van der Waals surface area contributed by atoms with E-state index in [0.29, 0.717) is 48.8 Å². The number of fused-ring (bicyclic) bond motifs is 3. The van der Waals surface area contributed by atoms with Gasteiger partial charge in [0.2, 0.25) is 0 Å². The minimum atomic E-state index is -5.06. The van der Waals surface area contributed by atoms with Crippen LogP contribution in [0.25, 0.3) is 32.3 Å². The zero-order valence-electron chi connectivity index (χ0n) is 27.6. The molecule has 9 heteroatoms. The highest BCUT2D eigenvalue weighted by atomic mass is 31.2. The molecule has 1 fully saturated rings. The van der Waals surface area contributed by atoms with Crippen LogP contribution in [0.4, 0.5) is 0 Å². The Kier molecular flexibility index (Phi) is 9.10. The molecular formula is C41H37N2O6P. The summed E-state index contributed by atoms with van der Waals surface area (Å²) in [6.07, 6.45) is 1.10. The maximum Gasteiger partial charge on any atom is 0.340 e. The Morgan fingerprint density at radius 3 is 1.92 bits per heavy atom. The van der Waals surface area contributed by atoms with E-state index in [2.05, 4.69) is 0 Å². The molecule has 1 unspecified atom stereocenters. The Labute approximate surface area is 290 Å². The van der Waals surface area contributed by atoms with Gasteiger partial charge in [0.05, 0.1) is 5.56 Å². The van der Waals surface area contributed by atoms with Crippen molar-refractivity contribution in [1.82, 2.24) is 9.80 Å². The monoisotopic (exact) mass is 684 g/mol. The molecule has 0 radical (unpaired) electrons. The van der Waals surface area contributed by atoms with Crippen LogP contribution in [0.1, 0.15) is 62.1 Å². The van der Waals surface area contributed by atoms with Gasteiger partial charge in [-0.25, -0.2) is 0 Å². The zero-order valence-corrected chi connectivity index (χ0v) is 28.5. The Morgan fingerprint density at radius 2 is 1.28 bits per heavy atom. The topological polar surface area (TPSA) is 115 Å². The van der Waals surface area contributed by atoms with Gasteiger partial charge in [0, 0.05) is 36.8 Å². The van der Waals surface area contributed by atoms with Gasteiger partial charge in [0.25, 0.3) is 11.8 Å². The maximum atomic E-state index is 14.5. The summed E-state index contributed by atoms with van der Waals surface area (Å²) in [5.41, 5.74) is -0.901. The number of carbonyl (C=O) groups is 3. The van der Waals surface area contributed by atoms with Gasteiger partial charge in [0.15, 0.2) is 5.78 Å². The fourth-order valence-corrected chi connectivity index (χ4v) is 8.37. The first-order valence-electron chi connectivity index (χ1n) is 16.8. The standard InChI is InChI=1S/C41H37N2O6P/c1-2-43(33-20-22-42(23-21-33)40(45)32-19-18-27-10-3-4-12-29(27)24-32)41(46)37-26-31-14-6-5-13-30(31)25-36(37)38(44)39(50(47,48)49)35-17-9-15-28-11-7-8-16-34(28)35/h3-19,24-26,33,39H,2,20-23H2,1H3,(H2,47,48,49). The molecule has 1 atom stereocenters.